The van der Waals surface area contributed by atoms with Gasteiger partial charge in [0.05, 0.1) is 11.7 Å². The number of fused-ring (bicyclic) bond motifs is 4. The summed E-state index contributed by atoms with van der Waals surface area (Å²) in [4.78, 5) is 16.2. The average Bonchev–Trinajstić information content (AvgIpc) is 3.14. The van der Waals surface area contributed by atoms with E-state index in [2.05, 4.69) is 17.0 Å². The first-order chi connectivity index (χ1) is 13.6. The third-order valence-corrected chi connectivity index (χ3v) is 6.50. The Labute approximate surface area is 163 Å². The molecule has 2 aromatic carbocycles. The van der Waals surface area contributed by atoms with E-state index in [1.54, 1.807) is 6.07 Å². The summed E-state index contributed by atoms with van der Waals surface area (Å²) in [5.41, 5.74) is 4.45. The lowest BCUT2D eigenvalue weighted by molar-refractivity contribution is 0.0837. The highest BCUT2D eigenvalue weighted by atomic mass is 19.1. The van der Waals surface area contributed by atoms with Crippen LogP contribution in [-0.4, -0.2) is 41.8 Å². The highest BCUT2D eigenvalue weighted by Crippen LogP contribution is 2.41. The predicted molar refractivity (Wildman–Crippen MR) is 107 cm³/mol. The molecule has 3 saturated heterocycles. The number of carboxylic acid groups (broad SMARTS) is 1. The molecule has 6 rings (SSSR count). The Morgan fingerprint density at radius 3 is 2.61 bits per heavy atom. The maximum Gasteiger partial charge on any atom is 0.412 e. The molecule has 0 spiro atoms. The molecule has 3 heterocycles. The molecular formula is C23H23FN2O2. The maximum atomic E-state index is 14.2. The number of allylic oxidation sites excluding steroid dienone is 1. The minimum Gasteiger partial charge on any atom is -0.465 e. The van der Waals surface area contributed by atoms with Gasteiger partial charge in [0.25, 0.3) is 0 Å². The van der Waals surface area contributed by atoms with Crippen LogP contribution in [0.5, 0.6) is 0 Å². The lowest BCUT2D eigenvalue weighted by Crippen LogP contribution is -2.59. The summed E-state index contributed by atoms with van der Waals surface area (Å²) >= 11 is 0. The molecule has 4 nitrogen and oxygen atoms in total. The molecule has 1 atom stereocenters. The summed E-state index contributed by atoms with van der Waals surface area (Å²) in [5, 5.41) is 10.1. The molecule has 28 heavy (non-hydrogen) atoms. The van der Waals surface area contributed by atoms with Crippen LogP contribution in [-0.2, 0) is 6.42 Å². The van der Waals surface area contributed by atoms with Crippen molar-refractivity contribution >= 4 is 17.4 Å². The molecule has 0 radical (unpaired) electrons. The number of anilines is 1. The van der Waals surface area contributed by atoms with E-state index >= 15 is 0 Å². The number of hydrogen-bond acceptors (Lipinski definition) is 2. The third-order valence-electron chi connectivity index (χ3n) is 6.50. The number of nitrogens with zero attached hydrogens (tertiary/aromatic N) is 2. The zero-order chi connectivity index (χ0) is 19.3. The smallest absolute Gasteiger partial charge is 0.412 e. The summed E-state index contributed by atoms with van der Waals surface area (Å²) in [6, 6.07) is 12.5. The van der Waals surface area contributed by atoms with Gasteiger partial charge >= 0.3 is 6.09 Å². The Bertz CT molecular complexity index is 963. The lowest BCUT2D eigenvalue weighted by atomic mass is 9.82. The first kappa shape index (κ1) is 17.4. The van der Waals surface area contributed by atoms with E-state index < -0.39 is 6.09 Å². The van der Waals surface area contributed by atoms with E-state index in [-0.39, 0.29) is 11.9 Å². The van der Waals surface area contributed by atoms with Crippen molar-refractivity contribution in [3.05, 3.63) is 71.0 Å². The maximum absolute atomic E-state index is 14.2. The molecule has 5 heteroatoms. The van der Waals surface area contributed by atoms with Gasteiger partial charge in [-0.25, -0.2) is 9.18 Å². The fraction of sp³-hybridized carbons (Fsp3) is 0.348. The highest BCUT2D eigenvalue weighted by molar-refractivity contribution is 5.96. The number of benzene rings is 2. The van der Waals surface area contributed by atoms with E-state index in [4.69, 9.17) is 0 Å². The van der Waals surface area contributed by atoms with Crippen LogP contribution in [0.4, 0.5) is 14.9 Å². The van der Waals surface area contributed by atoms with Gasteiger partial charge in [-0.15, -0.1) is 0 Å². The SMILES string of the molecule is O=C(O)N(c1ccc(F)cc1C1=CCc2ccccc21)[C@H]1CN2CCC1CC2. The van der Waals surface area contributed by atoms with E-state index in [9.17, 15) is 14.3 Å². The summed E-state index contributed by atoms with van der Waals surface area (Å²) in [5.74, 6) is 0.0205. The van der Waals surface area contributed by atoms with Gasteiger partial charge in [-0.05, 0) is 73.2 Å². The first-order valence-corrected chi connectivity index (χ1v) is 9.94. The zero-order valence-corrected chi connectivity index (χ0v) is 15.6. The molecule has 2 aromatic rings. The van der Waals surface area contributed by atoms with E-state index in [1.807, 2.05) is 18.2 Å². The quantitative estimate of drug-likeness (QED) is 0.861. The number of carbonyl (C=O) groups is 1. The van der Waals surface area contributed by atoms with Crippen molar-refractivity contribution in [2.45, 2.75) is 25.3 Å². The molecule has 3 fully saturated rings. The first-order valence-electron chi connectivity index (χ1n) is 9.94. The molecule has 1 amide bonds. The van der Waals surface area contributed by atoms with Crippen molar-refractivity contribution in [3.8, 4) is 0 Å². The van der Waals surface area contributed by atoms with Crippen LogP contribution >= 0.6 is 0 Å². The highest BCUT2D eigenvalue weighted by Gasteiger charge is 2.41. The Morgan fingerprint density at radius 1 is 1.11 bits per heavy atom. The van der Waals surface area contributed by atoms with Gasteiger partial charge in [0.2, 0.25) is 0 Å². The van der Waals surface area contributed by atoms with Crippen molar-refractivity contribution in [2.24, 2.45) is 5.92 Å². The van der Waals surface area contributed by atoms with Gasteiger partial charge in [-0.2, -0.15) is 0 Å². The standard InChI is InChI=1S/C23H23FN2O2/c24-17-6-8-21(20(13-17)19-7-5-15-3-1-2-4-18(15)19)26(23(27)28)22-14-25-11-9-16(22)10-12-25/h1-4,6-8,13,16,22H,5,9-12,14H2,(H,27,28)/t22-/m0/s1. The topological polar surface area (TPSA) is 43.8 Å². The van der Waals surface area contributed by atoms with Crippen LogP contribution in [0.2, 0.25) is 0 Å². The zero-order valence-electron chi connectivity index (χ0n) is 15.6. The van der Waals surface area contributed by atoms with E-state index in [1.165, 1.54) is 22.6 Å². The number of hydrogen-bond donors (Lipinski definition) is 1. The van der Waals surface area contributed by atoms with Crippen molar-refractivity contribution < 1.29 is 14.3 Å². The fourth-order valence-electron chi connectivity index (χ4n) is 5.12. The predicted octanol–water partition coefficient (Wildman–Crippen LogP) is 4.39. The number of rotatable bonds is 3. The van der Waals surface area contributed by atoms with Crippen molar-refractivity contribution in [2.75, 3.05) is 24.5 Å². The van der Waals surface area contributed by atoms with Gasteiger partial charge in [0, 0.05) is 12.1 Å². The molecule has 0 unspecified atom stereocenters. The minimum absolute atomic E-state index is 0.0820. The van der Waals surface area contributed by atoms with Crippen molar-refractivity contribution in [1.29, 1.82) is 0 Å². The molecule has 0 aromatic heterocycles. The van der Waals surface area contributed by atoms with Gasteiger partial charge in [-0.1, -0.05) is 30.3 Å². The van der Waals surface area contributed by atoms with Crippen LogP contribution in [0.25, 0.3) is 5.57 Å². The van der Waals surface area contributed by atoms with Crippen LogP contribution < -0.4 is 4.90 Å². The van der Waals surface area contributed by atoms with Crippen molar-refractivity contribution in [1.82, 2.24) is 4.90 Å². The molecule has 3 aliphatic heterocycles. The minimum atomic E-state index is -0.960. The second-order valence-electron chi connectivity index (χ2n) is 8.00. The fourth-order valence-corrected chi connectivity index (χ4v) is 5.12. The van der Waals surface area contributed by atoms with E-state index in [0.29, 0.717) is 17.2 Å². The van der Waals surface area contributed by atoms with Gasteiger partial charge in [0.1, 0.15) is 5.82 Å². The van der Waals surface area contributed by atoms with Crippen molar-refractivity contribution in [3.63, 3.8) is 0 Å². The molecular weight excluding hydrogens is 355 g/mol. The third kappa shape index (κ3) is 2.81. The summed E-state index contributed by atoms with van der Waals surface area (Å²) in [6.45, 7) is 2.84. The normalized spacial score (nSPS) is 25.3. The van der Waals surface area contributed by atoms with Crippen LogP contribution in [0, 0.1) is 11.7 Å². The molecule has 0 saturated carbocycles. The molecule has 4 aliphatic rings. The Balaban J connectivity index is 1.61. The van der Waals surface area contributed by atoms with Crippen LogP contribution in [0.15, 0.2) is 48.5 Å². The summed E-state index contributed by atoms with van der Waals surface area (Å²) in [6.07, 6.45) is 3.96. The van der Waals surface area contributed by atoms with Gasteiger partial charge in [-0.3, -0.25) is 4.90 Å². The summed E-state index contributed by atoms with van der Waals surface area (Å²) < 4.78 is 14.2. The van der Waals surface area contributed by atoms with Crippen LogP contribution in [0.1, 0.15) is 29.5 Å². The van der Waals surface area contributed by atoms with E-state index in [0.717, 1.165) is 50.0 Å². The van der Waals surface area contributed by atoms with Gasteiger partial charge < -0.3 is 10.0 Å². The molecule has 1 N–H and O–H groups in total. The van der Waals surface area contributed by atoms with Gasteiger partial charge in [0.15, 0.2) is 0 Å². The molecule has 1 aliphatic carbocycles. The number of halogens is 1. The molecule has 2 bridgehead atoms. The monoisotopic (exact) mass is 378 g/mol. The number of piperidine rings is 3. The van der Waals surface area contributed by atoms with Crippen LogP contribution in [0.3, 0.4) is 0 Å². The number of amides is 1. The molecule has 144 valence electrons. The summed E-state index contributed by atoms with van der Waals surface area (Å²) in [7, 11) is 0. The Kier molecular flexibility index (Phi) is 4.20. The Morgan fingerprint density at radius 2 is 1.89 bits per heavy atom. The average molecular weight is 378 g/mol. The Hall–Kier alpha value is -2.66. The lowest BCUT2D eigenvalue weighted by Gasteiger charge is -2.48. The second kappa shape index (κ2) is 6.74. The largest absolute Gasteiger partial charge is 0.465 e. The second-order valence-corrected chi connectivity index (χ2v) is 8.00.